The molecule has 150 valence electrons. The van der Waals surface area contributed by atoms with Gasteiger partial charge in [-0.15, -0.1) is 0 Å². The van der Waals surface area contributed by atoms with Gasteiger partial charge in [0, 0.05) is 19.6 Å². The number of carbonyl (C=O) groups excluding carboxylic acids is 2. The van der Waals surface area contributed by atoms with E-state index < -0.39 is 0 Å². The van der Waals surface area contributed by atoms with Gasteiger partial charge >= 0.3 is 0 Å². The van der Waals surface area contributed by atoms with E-state index in [1.165, 1.54) is 19.3 Å². The Bertz CT molecular complexity index is 575. The molecule has 2 heterocycles. The van der Waals surface area contributed by atoms with Gasteiger partial charge in [-0.25, -0.2) is 0 Å². The van der Waals surface area contributed by atoms with E-state index in [1.54, 1.807) is 0 Å². The summed E-state index contributed by atoms with van der Waals surface area (Å²) in [5.74, 6) is 3.42. The molecule has 6 fully saturated rings. The van der Waals surface area contributed by atoms with Crippen LogP contribution in [0.1, 0.15) is 64.2 Å². The predicted octanol–water partition coefficient (Wildman–Crippen LogP) is 2.39. The largest absolute Gasteiger partial charge is 0.341 e. The molecule has 2 N–H and O–H groups in total. The monoisotopic (exact) mass is 373 g/mol. The summed E-state index contributed by atoms with van der Waals surface area (Å²) in [7, 11) is 0. The van der Waals surface area contributed by atoms with Crippen molar-refractivity contribution in [3.05, 3.63) is 0 Å². The van der Waals surface area contributed by atoms with E-state index >= 15 is 0 Å². The maximum atomic E-state index is 13.7. The summed E-state index contributed by atoms with van der Waals surface area (Å²) in [5, 5.41) is 0. The van der Waals surface area contributed by atoms with Crippen LogP contribution in [0.3, 0.4) is 0 Å². The zero-order valence-electron chi connectivity index (χ0n) is 16.6. The van der Waals surface area contributed by atoms with Gasteiger partial charge in [0.15, 0.2) is 0 Å². The third-order valence-corrected chi connectivity index (χ3v) is 8.55. The van der Waals surface area contributed by atoms with Crippen LogP contribution in [0.5, 0.6) is 0 Å². The van der Waals surface area contributed by atoms with Gasteiger partial charge in [0.05, 0.1) is 5.41 Å². The first-order valence-electron chi connectivity index (χ1n) is 11.4. The van der Waals surface area contributed by atoms with Crippen molar-refractivity contribution in [2.75, 3.05) is 26.2 Å². The molecule has 4 saturated carbocycles. The molecule has 5 nitrogen and oxygen atoms in total. The molecule has 0 aromatic rings. The molecule has 6 aliphatic rings. The molecule has 2 aliphatic heterocycles. The van der Waals surface area contributed by atoms with Gasteiger partial charge in [-0.2, -0.15) is 0 Å². The SMILES string of the molecule is NCC1CCN(C(=O)C2CCCN2C(=O)C23CC4CC(CC(C4)C2)C3)CC1. The molecule has 0 radical (unpaired) electrons. The van der Waals surface area contributed by atoms with Gasteiger partial charge in [0.1, 0.15) is 6.04 Å². The zero-order valence-corrected chi connectivity index (χ0v) is 16.6. The first-order chi connectivity index (χ1) is 13.1. The van der Waals surface area contributed by atoms with Crippen molar-refractivity contribution in [3.63, 3.8) is 0 Å². The lowest BCUT2D eigenvalue weighted by atomic mass is 9.49. The van der Waals surface area contributed by atoms with E-state index in [2.05, 4.69) is 0 Å². The van der Waals surface area contributed by atoms with Crippen LogP contribution in [0.4, 0.5) is 0 Å². The highest BCUT2D eigenvalue weighted by Crippen LogP contribution is 2.60. The summed E-state index contributed by atoms with van der Waals surface area (Å²) < 4.78 is 0. The maximum Gasteiger partial charge on any atom is 0.245 e. The van der Waals surface area contributed by atoms with Crippen molar-refractivity contribution in [1.82, 2.24) is 9.80 Å². The fourth-order valence-corrected chi connectivity index (χ4v) is 7.54. The van der Waals surface area contributed by atoms with Gasteiger partial charge < -0.3 is 15.5 Å². The molecule has 4 aliphatic carbocycles. The average Bonchev–Trinajstić information content (AvgIpc) is 3.15. The van der Waals surface area contributed by atoms with Crippen LogP contribution in [-0.4, -0.2) is 53.8 Å². The Morgan fingerprint density at radius 1 is 0.889 bits per heavy atom. The second kappa shape index (κ2) is 6.75. The summed E-state index contributed by atoms with van der Waals surface area (Å²) in [6, 6.07) is -0.195. The number of piperidine rings is 1. The van der Waals surface area contributed by atoms with E-state index in [9.17, 15) is 9.59 Å². The van der Waals surface area contributed by atoms with Gasteiger partial charge in [-0.1, -0.05) is 0 Å². The third kappa shape index (κ3) is 3.01. The minimum atomic E-state index is -0.195. The number of rotatable bonds is 3. The van der Waals surface area contributed by atoms with Gasteiger partial charge in [0.2, 0.25) is 11.8 Å². The topological polar surface area (TPSA) is 66.6 Å². The van der Waals surface area contributed by atoms with Crippen LogP contribution in [0, 0.1) is 29.1 Å². The number of amides is 2. The minimum Gasteiger partial charge on any atom is -0.341 e. The fraction of sp³-hybridized carbons (Fsp3) is 0.909. The van der Waals surface area contributed by atoms with Crippen molar-refractivity contribution >= 4 is 11.8 Å². The number of nitrogens with zero attached hydrogens (tertiary/aromatic N) is 2. The molecular formula is C22H35N3O2. The van der Waals surface area contributed by atoms with E-state index in [4.69, 9.17) is 5.73 Å². The van der Waals surface area contributed by atoms with Crippen molar-refractivity contribution < 1.29 is 9.59 Å². The molecule has 4 bridgehead atoms. The van der Waals surface area contributed by atoms with Crippen LogP contribution < -0.4 is 5.73 Å². The minimum absolute atomic E-state index is 0.121. The Hall–Kier alpha value is -1.10. The highest BCUT2D eigenvalue weighted by atomic mass is 16.2. The molecule has 5 heteroatoms. The number of hydrogen-bond donors (Lipinski definition) is 1. The molecule has 27 heavy (non-hydrogen) atoms. The summed E-state index contributed by atoms with van der Waals surface area (Å²) in [6.45, 7) is 3.14. The van der Waals surface area contributed by atoms with Crippen molar-refractivity contribution in [3.8, 4) is 0 Å². The summed E-state index contributed by atoms with van der Waals surface area (Å²) in [4.78, 5) is 31.0. The average molecular weight is 374 g/mol. The van der Waals surface area contributed by atoms with Crippen molar-refractivity contribution in [1.29, 1.82) is 0 Å². The van der Waals surface area contributed by atoms with E-state index in [0.29, 0.717) is 11.8 Å². The first-order valence-corrected chi connectivity index (χ1v) is 11.4. The Labute approximate surface area is 163 Å². The van der Waals surface area contributed by atoms with Gasteiger partial charge in [-0.3, -0.25) is 9.59 Å². The molecule has 0 aromatic carbocycles. The van der Waals surface area contributed by atoms with Gasteiger partial charge in [0.25, 0.3) is 0 Å². The van der Waals surface area contributed by atoms with Crippen LogP contribution in [0.2, 0.25) is 0 Å². The van der Waals surface area contributed by atoms with Crippen LogP contribution >= 0.6 is 0 Å². The van der Waals surface area contributed by atoms with Crippen LogP contribution in [-0.2, 0) is 9.59 Å². The second-order valence-electron chi connectivity index (χ2n) is 10.4. The number of carbonyl (C=O) groups is 2. The van der Waals surface area contributed by atoms with E-state index in [-0.39, 0.29) is 17.4 Å². The van der Waals surface area contributed by atoms with Crippen LogP contribution in [0.25, 0.3) is 0 Å². The molecular weight excluding hydrogens is 338 g/mol. The summed E-state index contributed by atoms with van der Waals surface area (Å²) in [5.41, 5.74) is 5.68. The smallest absolute Gasteiger partial charge is 0.245 e. The number of hydrogen-bond acceptors (Lipinski definition) is 3. The highest BCUT2D eigenvalue weighted by molar-refractivity contribution is 5.91. The number of likely N-dealkylation sites (tertiary alicyclic amines) is 2. The standard InChI is InChI=1S/C22H35N3O2/c23-14-15-3-6-24(7-4-15)20(26)19-2-1-5-25(19)21(27)22-11-16-8-17(12-22)10-18(9-16)13-22/h15-19H,1-14,23H2. The Balaban J connectivity index is 1.30. The maximum absolute atomic E-state index is 13.7. The van der Waals surface area contributed by atoms with Crippen molar-refractivity contribution in [2.24, 2.45) is 34.8 Å². The van der Waals surface area contributed by atoms with Crippen LogP contribution in [0.15, 0.2) is 0 Å². The molecule has 1 unspecified atom stereocenters. The second-order valence-corrected chi connectivity index (χ2v) is 10.4. The molecule has 2 amide bonds. The van der Waals surface area contributed by atoms with E-state index in [1.807, 2.05) is 9.80 Å². The van der Waals surface area contributed by atoms with Gasteiger partial charge in [-0.05, 0) is 94.4 Å². The Kier molecular flexibility index (Phi) is 4.49. The lowest BCUT2D eigenvalue weighted by Gasteiger charge is -2.56. The lowest BCUT2D eigenvalue weighted by molar-refractivity contribution is -0.162. The lowest BCUT2D eigenvalue weighted by Crippen LogP contribution is -2.58. The Morgan fingerprint density at radius 2 is 1.48 bits per heavy atom. The van der Waals surface area contributed by atoms with E-state index in [0.717, 1.165) is 88.9 Å². The molecule has 1 atom stereocenters. The molecule has 0 spiro atoms. The quantitative estimate of drug-likeness (QED) is 0.826. The highest BCUT2D eigenvalue weighted by Gasteiger charge is 2.57. The first kappa shape index (κ1) is 18.0. The molecule has 2 saturated heterocycles. The summed E-state index contributed by atoms with van der Waals surface area (Å²) >= 11 is 0. The summed E-state index contributed by atoms with van der Waals surface area (Å²) in [6.07, 6.45) is 11.2. The fourth-order valence-electron chi connectivity index (χ4n) is 7.54. The zero-order chi connectivity index (χ0) is 18.6. The molecule has 0 aromatic heterocycles. The predicted molar refractivity (Wildman–Crippen MR) is 104 cm³/mol. The number of nitrogens with two attached hydrogens (primary N) is 1. The molecule has 6 rings (SSSR count). The van der Waals surface area contributed by atoms with Crippen molar-refractivity contribution in [2.45, 2.75) is 70.3 Å². The Morgan fingerprint density at radius 3 is 2.04 bits per heavy atom. The third-order valence-electron chi connectivity index (χ3n) is 8.55. The normalized spacial score (nSPS) is 41.4.